The number of rotatable bonds is 2. The maximum absolute atomic E-state index is 12.2. The molecule has 0 spiro atoms. The number of hydrogen-bond acceptors (Lipinski definition) is 4. The summed E-state index contributed by atoms with van der Waals surface area (Å²) in [7, 11) is 0. The van der Waals surface area contributed by atoms with Crippen LogP contribution >= 0.6 is 11.6 Å². The molecule has 0 radical (unpaired) electrons. The van der Waals surface area contributed by atoms with Gasteiger partial charge in [-0.25, -0.2) is 9.79 Å². The van der Waals surface area contributed by atoms with Crippen molar-refractivity contribution in [2.24, 2.45) is 4.99 Å². The van der Waals surface area contributed by atoms with E-state index >= 15 is 0 Å². The van der Waals surface area contributed by atoms with Crippen LogP contribution in [0.25, 0.3) is 11.0 Å². The van der Waals surface area contributed by atoms with Gasteiger partial charge in [-0.1, -0.05) is 29.3 Å². The van der Waals surface area contributed by atoms with Crippen molar-refractivity contribution in [3.05, 3.63) is 75.1 Å². The number of allylic oxidation sites excluding steroid dienone is 2. The van der Waals surface area contributed by atoms with Crippen molar-refractivity contribution in [3.8, 4) is 0 Å². The van der Waals surface area contributed by atoms with E-state index in [9.17, 15) is 4.79 Å². The minimum atomic E-state index is -0.409. The monoisotopic (exact) mass is 350 g/mol. The van der Waals surface area contributed by atoms with Crippen LogP contribution in [0.1, 0.15) is 12.5 Å². The predicted octanol–water partition coefficient (Wildman–Crippen LogP) is 5.39. The van der Waals surface area contributed by atoms with Crippen LogP contribution in [0.15, 0.2) is 68.3 Å². The van der Waals surface area contributed by atoms with Gasteiger partial charge in [0.2, 0.25) is 0 Å². The lowest BCUT2D eigenvalue weighted by Gasteiger charge is -2.12. The molecule has 3 aromatic rings. The summed E-state index contributed by atoms with van der Waals surface area (Å²) in [5.74, 6) is 0. The van der Waals surface area contributed by atoms with E-state index < -0.39 is 5.63 Å². The second-order valence-corrected chi connectivity index (χ2v) is 6.41. The molecule has 2 heterocycles. The Morgan fingerprint density at radius 2 is 2.04 bits per heavy atom. The van der Waals surface area contributed by atoms with E-state index in [0.29, 0.717) is 22.7 Å². The summed E-state index contributed by atoms with van der Waals surface area (Å²) < 4.78 is 5.43. The van der Waals surface area contributed by atoms with Crippen LogP contribution in [0, 0.1) is 0 Å². The number of aliphatic imine (C=N–C) groups is 1. The van der Waals surface area contributed by atoms with Crippen LogP contribution in [-0.2, 0) is 6.42 Å². The molecule has 0 amide bonds. The van der Waals surface area contributed by atoms with Crippen LogP contribution in [0.5, 0.6) is 0 Å². The normalized spacial score (nSPS) is 13.3. The van der Waals surface area contributed by atoms with Gasteiger partial charge in [-0.15, -0.1) is 0 Å². The first-order valence-electron chi connectivity index (χ1n) is 7.93. The van der Waals surface area contributed by atoms with Crippen LogP contribution in [0.3, 0.4) is 0 Å². The summed E-state index contributed by atoms with van der Waals surface area (Å²) in [5.41, 5.74) is 4.23. The fraction of sp³-hybridized carbons (Fsp3) is 0.100. The van der Waals surface area contributed by atoms with E-state index in [1.807, 2.05) is 49.4 Å². The average Bonchev–Trinajstić information content (AvgIpc) is 2.80. The van der Waals surface area contributed by atoms with Crippen molar-refractivity contribution in [1.82, 2.24) is 0 Å². The largest absolute Gasteiger partial charge is 0.421 e. The number of benzene rings is 2. The van der Waals surface area contributed by atoms with Crippen molar-refractivity contribution in [2.75, 3.05) is 5.32 Å². The molecule has 0 saturated carbocycles. The predicted molar refractivity (Wildman–Crippen MR) is 103 cm³/mol. The number of para-hydroxylation sites is 1. The van der Waals surface area contributed by atoms with Gasteiger partial charge in [-0.3, -0.25) is 0 Å². The molecule has 0 fully saturated rings. The number of nitrogens with zero attached hydrogens (tertiary/aromatic N) is 1. The topological polar surface area (TPSA) is 54.6 Å². The Labute approximate surface area is 149 Å². The Morgan fingerprint density at radius 1 is 1.20 bits per heavy atom. The van der Waals surface area contributed by atoms with Gasteiger partial charge < -0.3 is 9.73 Å². The molecule has 0 bridgehead atoms. The molecule has 0 atom stereocenters. The van der Waals surface area contributed by atoms with Gasteiger partial charge >= 0.3 is 5.63 Å². The molecule has 0 aliphatic carbocycles. The van der Waals surface area contributed by atoms with E-state index in [1.54, 1.807) is 12.3 Å². The second-order valence-electron chi connectivity index (χ2n) is 6.00. The van der Waals surface area contributed by atoms with Gasteiger partial charge in [0, 0.05) is 22.9 Å². The third-order valence-electron chi connectivity index (χ3n) is 4.16. The highest BCUT2D eigenvalue weighted by Crippen LogP contribution is 2.32. The first-order chi connectivity index (χ1) is 12.1. The van der Waals surface area contributed by atoms with Crippen molar-refractivity contribution in [1.29, 1.82) is 0 Å². The molecule has 124 valence electrons. The molecular weight excluding hydrogens is 336 g/mol. The van der Waals surface area contributed by atoms with Crippen molar-refractivity contribution in [3.63, 3.8) is 0 Å². The average molecular weight is 351 g/mol. The van der Waals surface area contributed by atoms with Crippen molar-refractivity contribution >= 4 is 45.8 Å². The minimum absolute atomic E-state index is 0.371. The Balaban J connectivity index is 1.87. The Kier molecular flexibility index (Phi) is 3.90. The van der Waals surface area contributed by atoms with Gasteiger partial charge in [-0.2, -0.15) is 0 Å². The maximum Gasteiger partial charge on any atom is 0.362 e. The Morgan fingerprint density at radius 3 is 2.88 bits per heavy atom. The van der Waals surface area contributed by atoms with E-state index in [0.717, 1.165) is 27.9 Å². The molecule has 4 nitrogen and oxygen atoms in total. The van der Waals surface area contributed by atoms with Crippen LogP contribution in [0.2, 0.25) is 5.02 Å². The zero-order valence-corrected chi connectivity index (χ0v) is 14.3. The Bertz CT molecular complexity index is 1100. The van der Waals surface area contributed by atoms with Gasteiger partial charge in [0.25, 0.3) is 0 Å². The van der Waals surface area contributed by atoms with E-state index in [2.05, 4.69) is 10.3 Å². The SMILES string of the molecule is CC1=CC=Nc2c(c3cc(Nc4ccccc4Cl)ccc3oc2=O)C1. The molecule has 5 heteroatoms. The molecule has 1 aromatic heterocycles. The summed E-state index contributed by atoms with van der Waals surface area (Å²) in [6, 6.07) is 13.2. The summed E-state index contributed by atoms with van der Waals surface area (Å²) in [6.07, 6.45) is 4.22. The lowest BCUT2D eigenvalue weighted by molar-refractivity contribution is 0.561. The quantitative estimate of drug-likeness (QED) is 0.630. The number of nitrogens with one attached hydrogen (secondary N) is 1. The molecular formula is C20H15ClN2O2. The van der Waals surface area contributed by atoms with Gasteiger partial charge in [0.05, 0.1) is 10.7 Å². The maximum atomic E-state index is 12.2. The summed E-state index contributed by atoms with van der Waals surface area (Å²) >= 11 is 6.22. The third kappa shape index (κ3) is 2.96. The summed E-state index contributed by atoms with van der Waals surface area (Å²) in [5, 5.41) is 4.82. The van der Waals surface area contributed by atoms with Gasteiger partial charge in [0.15, 0.2) is 5.69 Å². The highest BCUT2D eigenvalue weighted by atomic mass is 35.5. The zero-order chi connectivity index (χ0) is 17.4. The number of hydrogen-bond donors (Lipinski definition) is 1. The van der Waals surface area contributed by atoms with E-state index in [4.69, 9.17) is 16.0 Å². The summed E-state index contributed by atoms with van der Waals surface area (Å²) in [4.78, 5) is 16.5. The van der Waals surface area contributed by atoms with Crippen molar-refractivity contribution < 1.29 is 4.42 Å². The van der Waals surface area contributed by atoms with Crippen LogP contribution in [0.4, 0.5) is 17.1 Å². The molecule has 4 rings (SSSR count). The van der Waals surface area contributed by atoms with Crippen molar-refractivity contribution in [2.45, 2.75) is 13.3 Å². The summed E-state index contributed by atoms with van der Waals surface area (Å²) in [6.45, 7) is 2.02. The zero-order valence-electron chi connectivity index (χ0n) is 13.5. The molecule has 1 aliphatic heterocycles. The highest BCUT2D eigenvalue weighted by molar-refractivity contribution is 6.33. The smallest absolute Gasteiger partial charge is 0.362 e. The molecule has 1 N–H and O–H groups in total. The van der Waals surface area contributed by atoms with Crippen LogP contribution in [-0.4, -0.2) is 6.21 Å². The van der Waals surface area contributed by atoms with Gasteiger partial charge in [-0.05, 0) is 49.8 Å². The minimum Gasteiger partial charge on any atom is -0.421 e. The fourth-order valence-corrected chi connectivity index (χ4v) is 3.12. The Hall–Kier alpha value is -2.85. The first-order valence-corrected chi connectivity index (χ1v) is 8.31. The molecule has 1 aliphatic rings. The first kappa shape index (κ1) is 15.7. The standard InChI is InChI=1S/C20H15ClN2O2/c1-12-8-9-22-19-15(10-12)14-11-13(6-7-18(14)25-20(19)24)23-17-5-3-2-4-16(17)21/h2-9,11,23H,10H2,1H3. The molecule has 0 unspecified atom stereocenters. The molecule has 25 heavy (non-hydrogen) atoms. The number of anilines is 2. The second kappa shape index (κ2) is 6.22. The molecule has 0 saturated heterocycles. The van der Waals surface area contributed by atoms with Gasteiger partial charge in [0.1, 0.15) is 5.58 Å². The third-order valence-corrected chi connectivity index (χ3v) is 4.49. The van der Waals surface area contributed by atoms with Crippen LogP contribution < -0.4 is 10.9 Å². The lowest BCUT2D eigenvalue weighted by atomic mass is 10.0. The highest BCUT2D eigenvalue weighted by Gasteiger charge is 2.16. The fourth-order valence-electron chi connectivity index (χ4n) is 2.94. The molecule has 2 aromatic carbocycles. The lowest BCUT2D eigenvalue weighted by Crippen LogP contribution is -2.03. The number of halogens is 1. The number of fused-ring (bicyclic) bond motifs is 3. The van der Waals surface area contributed by atoms with E-state index in [1.165, 1.54) is 0 Å². The van der Waals surface area contributed by atoms with E-state index in [-0.39, 0.29) is 0 Å².